The number of nitrogens with one attached hydrogen (secondary N) is 1. The van der Waals surface area contributed by atoms with E-state index in [4.69, 9.17) is 10.5 Å². The lowest BCUT2D eigenvalue weighted by Gasteiger charge is -2.18. The third-order valence-corrected chi connectivity index (χ3v) is 2.22. The molecule has 0 aromatic carbocycles. The minimum atomic E-state index is -0.578. The van der Waals surface area contributed by atoms with Crippen LogP contribution in [0.3, 0.4) is 0 Å². The Morgan fingerprint density at radius 2 is 2.44 bits per heavy atom. The zero-order valence-corrected chi connectivity index (χ0v) is 9.59. The van der Waals surface area contributed by atoms with Gasteiger partial charge in [0.25, 0.3) is 5.91 Å². The average Bonchev–Trinajstić information content (AvgIpc) is 2.71. The van der Waals surface area contributed by atoms with E-state index in [1.165, 1.54) is 7.11 Å². The molecule has 1 aromatic rings. The van der Waals surface area contributed by atoms with Gasteiger partial charge in [-0.05, 0) is 6.92 Å². The highest BCUT2D eigenvalue weighted by atomic mass is 16.5. The van der Waals surface area contributed by atoms with Crippen LogP contribution in [-0.2, 0) is 16.1 Å². The Balaban J connectivity index is 2.39. The predicted molar refractivity (Wildman–Crippen MR) is 59.7 cm³/mol. The summed E-state index contributed by atoms with van der Waals surface area (Å²) in [6, 6.07) is 0.00546. The third-order valence-electron chi connectivity index (χ3n) is 2.22. The van der Waals surface area contributed by atoms with Crippen molar-refractivity contribution in [2.24, 2.45) is 5.73 Å². The monoisotopic (exact) mass is 226 g/mol. The first-order valence-electron chi connectivity index (χ1n) is 5.16. The van der Waals surface area contributed by atoms with Gasteiger partial charge >= 0.3 is 0 Å². The van der Waals surface area contributed by atoms with Gasteiger partial charge in [-0.25, -0.2) is 4.98 Å². The SMILES string of the molecule is COC(CN)C(=O)NC(C)Cn1ccnc1. The lowest BCUT2D eigenvalue weighted by molar-refractivity contribution is -0.131. The molecule has 1 amide bonds. The summed E-state index contributed by atoms with van der Waals surface area (Å²) in [6.45, 7) is 2.77. The second-order valence-electron chi connectivity index (χ2n) is 3.63. The van der Waals surface area contributed by atoms with Crippen molar-refractivity contribution < 1.29 is 9.53 Å². The molecule has 0 spiro atoms. The summed E-state index contributed by atoms with van der Waals surface area (Å²) in [4.78, 5) is 15.5. The van der Waals surface area contributed by atoms with Gasteiger partial charge in [0.15, 0.2) is 0 Å². The molecule has 1 aromatic heterocycles. The highest BCUT2D eigenvalue weighted by molar-refractivity contribution is 5.81. The molecular formula is C10H18N4O2. The van der Waals surface area contributed by atoms with Gasteiger partial charge in [0.2, 0.25) is 0 Å². The van der Waals surface area contributed by atoms with E-state index in [0.717, 1.165) is 0 Å². The first-order chi connectivity index (χ1) is 7.67. The lowest BCUT2D eigenvalue weighted by Crippen LogP contribution is -2.45. The maximum atomic E-state index is 11.6. The van der Waals surface area contributed by atoms with Gasteiger partial charge in [-0.1, -0.05) is 0 Å². The average molecular weight is 226 g/mol. The zero-order chi connectivity index (χ0) is 12.0. The Hall–Kier alpha value is -1.40. The number of carbonyl (C=O) groups is 1. The number of nitrogens with two attached hydrogens (primary N) is 1. The molecule has 0 radical (unpaired) electrons. The number of methoxy groups -OCH3 is 1. The highest BCUT2D eigenvalue weighted by Crippen LogP contribution is 1.94. The molecule has 2 unspecified atom stereocenters. The Bertz CT molecular complexity index is 309. The Kier molecular flexibility index (Phi) is 4.94. The fraction of sp³-hybridized carbons (Fsp3) is 0.600. The number of nitrogens with zero attached hydrogens (tertiary/aromatic N) is 2. The van der Waals surface area contributed by atoms with Crippen LogP contribution in [0.4, 0.5) is 0 Å². The molecule has 3 N–H and O–H groups in total. The molecule has 1 rings (SSSR count). The van der Waals surface area contributed by atoms with Gasteiger partial charge < -0.3 is 20.4 Å². The molecule has 6 nitrogen and oxygen atoms in total. The third kappa shape index (κ3) is 3.63. The van der Waals surface area contributed by atoms with E-state index in [9.17, 15) is 4.79 Å². The minimum Gasteiger partial charge on any atom is -0.370 e. The maximum Gasteiger partial charge on any atom is 0.250 e. The van der Waals surface area contributed by atoms with Crippen LogP contribution < -0.4 is 11.1 Å². The van der Waals surface area contributed by atoms with E-state index in [0.29, 0.717) is 6.54 Å². The fourth-order valence-electron chi connectivity index (χ4n) is 1.40. The molecule has 6 heteroatoms. The Morgan fingerprint density at radius 1 is 1.69 bits per heavy atom. The molecule has 0 fully saturated rings. The van der Waals surface area contributed by atoms with Crippen LogP contribution in [0, 0.1) is 0 Å². The van der Waals surface area contributed by atoms with Gasteiger partial charge in [0.1, 0.15) is 6.10 Å². The number of hydrogen-bond acceptors (Lipinski definition) is 4. The summed E-state index contributed by atoms with van der Waals surface area (Å²) < 4.78 is 6.84. The number of imidazole rings is 1. The lowest BCUT2D eigenvalue weighted by atomic mass is 10.2. The van der Waals surface area contributed by atoms with Crippen molar-refractivity contribution in [2.45, 2.75) is 25.6 Å². The van der Waals surface area contributed by atoms with E-state index in [2.05, 4.69) is 10.3 Å². The molecule has 90 valence electrons. The molecule has 0 aliphatic carbocycles. The molecular weight excluding hydrogens is 208 g/mol. The van der Waals surface area contributed by atoms with Crippen LogP contribution in [0.15, 0.2) is 18.7 Å². The second-order valence-corrected chi connectivity index (χ2v) is 3.63. The van der Waals surface area contributed by atoms with Crippen LogP contribution in [0.25, 0.3) is 0 Å². The molecule has 2 atom stereocenters. The van der Waals surface area contributed by atoms with E-state index in [-0.39, 0.29) is 18.5 Å². The summed E-state index contributed by atoms with van der Waals surface area (Å²) >= 11 is 0. The first kappa shape index (κ1) is 12.7. The molecule has 0 saturated carbocycles. The minimum absolute atomic E-state index is 0.00546. The molecule has 0 aliphatic rings. The second kappa shape index (κ2) is 6.24. The summed E-state index contributed by atoms with van der Waals surface area (Å²) in [5.74, 6) is -0.183. The predicted octanol–water partition coefficient (Wildman–Crippen LogP) is -0.638. The maximum absolute atomic E-state index is 11.6. The molecule has 0 aliphatic heterocycles. The van der Waals surface area contributed by atoms with Crippen LogP contribution in [0.5, 0.6) is 0 Å². The summed E-state index contributed by atoms with van der Waals surface area (Å²) in [7, 11) is 1.47. The largest absolute Gasteiger partial charge is 0.370 e. The van der Waals surface area contributed by atoms with E-state index in [1.54, 1.807) is 12.5 Å². The normalized spacial score (nSPS) is 14.4. The first-order valence-corrected chi connectivity index (χ1v) is 5.16. The van der Waals surface area contributed by atoms with E-state index < -0.39 is 6.10 Å². The van der Waals surface area contributed by atoms with Crippen molar-refractivity contribution in [3.63, 3.8) is 0 Å². The van der Waals surface area contributed by atoms with E-state index >= 15 is 0 Å². The van der Waals surface area contributed by atoms with Crippen molar-refractivity contribution in [1.82, 2.24) is 14.9 Å². The standard InChI is InChI=1S/C10H18N4O2/c1-8(6-14-4-3-12-7-14)13-10(15)9(5-11)16-2/h3-4,7-9H,5-6,11H2,1-2H3,(H,13,15). The number of carbonyl (C=O) groups excluding carboxylic acids is 1. The number of ether oxygens (including phenoxy) is 1. The van der Waals surface area contributed by atoms with Crippen molar-refractivity contribution in [1.29, 1.82) is 0 Å². The van der Waals surface area contributed by atoms with Gasteiger partial charge in [0, 0.05) is 38.6 Å². The Morgan fingerprint density at radius 3 is 2.94 bits per heavy atom. The van der Waals surface area contributed by atoms with Crippen molar-refractivity contribution in [2.75, 3.05) is 13.7 Å². The van der Waals surface area contributed by atoms with Crippen molar-refractivity contribution in [3.8, 4) is 0 Å². The summed E-state index contributed by atoms with van der Waals surface area (Å²) in [5.41, 5.74) is 5.39. The number of aromatic nitrogens is 2. The van der Waals surface area contributed by atoms with Crippen molar-refractivity contribution >= 4 is 5.91 Å². The Labute approximate surface area is 94.8 Å². The molecule has 16 heavy (non-hydrogen) atoms. The topological polar surface area (TPSA) is 82.2 Å². The number of rotatable bonds is 6. The van der Waals surface area contributed by atoms with Crippen LogP contribution >= 0.6 is 0 Å². The summed E-state index contributed by atoms with van der Waals surface area (Å²) in [5, 5.41) is 2.83. The van der Waals surface area contributed by atoms with Gasteiger partial charge in [-0.15, -0.1) is 0 Å². The summed E-state index contributed by atoms with van der Waals surface area (Å²) in [6.07, 6.45) is 4.68. The molecule has 0 saturated heterocycles. The fourth-order valence-corrected chi connectivity index (χ4v) is 1.40. The molecule has 0 bridgehead atoms. The van der Waals surface area contributed by atoms with E-state index in [1.807, 2.05) is 17.7 Å². The quantitative estimate of drug-likeness (QED) is 0.676. The molecule has 1 heterocycles. The zero-order valence-electron chi connectivity index (χ0n) is 9.59. The van der Waals surface area contributed by atoms with Crippen LogP contribution in [0.1, 0.15) is 6.92 Å². The van der Waals surface area contributed by atoms with Crippen LogP contribution in [0.2, 0.25) is 0 Å². The van der Waals surface area contributed by atoms with Gasteiger partial charge in [-0.2, -0.15) is 0 Å². The highest BCUT2D eigenvalue weighted by Gasteiger charge is 2.17. The number of hydrogen-bond donors (Lipinski definition) is 2. The van der Waals surface area contributed by atoms with Gasteiger partial charge in [0.05, 0.1) is 6.33 Å². The van der Waals surface area contributed by atoms with Crippen molar-refractivity contribution in [3.05, 3.63) is 18.7 Å². The van der Waals surface area contributed by atoms with Gasteiger partial charge in [-0.3, -0.25) is 4.79 Å². The van der Waals surface area contributed by atoms with Crippen LogP contribution in [-0.4, -0.2) is 41.3 Å². The smallest absolute Gasteiger partial charge is 0.250 e. The number of amides is 1.